The van der Waals surface area contributed by atoms with E-state index in [0.717, 1.165) is 50.1 Å². The van der Waals surface area contributed by atoms with Gasteiger partial charge in [0.15, 0.2) is 5.69 Å². The number of likely N-dealkylation sites (tertiary alicyclic amines) is 1. The predicted octanol–water partition coefficient (Wildman–Crippen LogP) is 14.4. The molecule has 6 rings (SSSR count). The van der Waals surface area contributed by atoms with Crippen LogP contribution in [0.2, 0.25) is 0 Å². The quantitative estimate of drug-likeness (QED) is 0.173. The average molecular weight is 988 g/mol. The maximum atomic E-state index is 17.1. The molecule has 3 aliphatic heterocycles. The summed E-state index contributed by atoms with van der Waals surface area (Å²) in [5.41, 5.74) is 5.63. The van der Waals surface area contributed by atoms with E-state index >= 15 is 9.18 Å². The van der Waals surface area contributed by atoms with Crippen molar-refractivity contribution < 1.29 is 23.5 Å². The zero-order chi connectivity index (χ0) is 55.8. The van der Waals surface area contributed by atoms with Crippen LogP contribution in [0.1, 0.15) is 214 Å². The third-order valence-electron chi connectivity index (χ3n) is 21.2. The second kappa shape index (κ2) is 16.1. The van der Waals surface area contributed by atoms with E-state index in [1.807, 2.05) is 76.2 Å². The third kappa shape index (κ3) is 6.58. The lowest BCUT2D eigenvalue weighted by Gasteiger charge is -2.75. The molecule has 2 fully saturated rings. The molecule has 72 heavy (non-hydrogen) atoms. The summed E-state index contributed by atoms with van der Waals surface area (Å²) in [6.07, 6.45) is 0. The highest BCUT2D eigenvalue weighted by Crippen LogP contribution is 2.62. The topological polar surface area (TPSA) is 77.8 Å². The first kappa shape index (κ1) is 56.5. The molecule has 9 nitrogen and oxygen atoms in total. The molecule has 0 aromatic heterocycles. The van der Waals surface area contributed by atoms with Gasteiger partial charge in [-0.15, -0.1) is 0 Å². The number of rotatable bonds is 7. The van der Waals surface area contributed by atoms with Crippen molar-refractivity contribution in [2.24, 2.45) is 10.8 Å². The summed E-state index contributed by atoms with van der Waals surface area (Å²) < 4.78 is 24.6. The summed E-state index contributed by atoms with van der Waals surface area (Å²) in [4.78, 5) is 55.7. The maximum Gasteiger partial charge on any atom is 0.256 e. The maximum absolute atomic E-state index is 17.1. The van der Waals surface area contributed by atoms with Gasteiger partial charge in [-0.05, 0) is 234 Å². The first-order chi connectivity index (χ1) is 32.2. The lowest BCUT2D eigenvalue weighted by molar-refractivity contribution is -0.189. The van der Waals surface area contributed by atoms with Crippen LogP contribution in [-0.2, 0) is 26.3 Å². The Morgan fingerprint density at radius 1 is 0.542 bits per heavy atom. The Balaban J connectivity index is 1.53. The standard InChI is InChI=1S/C62H90FN5O4/c1-32-33(2)42-45(54(13,14)67(50(42)69)62(29)52(71)65(31)51(70)53(11,12)57(62,19)20)49(40(32)9)72-56(17,18)44-36(5)34(3)43(35(4)37(44)6)55(15,16)68-60(25,26)58(21,22)66(59(23,24)61(68,27)28)48-39(8)38(7)47(64-30)41(10)46(48)63/h1-29,31H3. The Morgan fingerprint density at radius 2 is 0.986 bits per heavy atom. The molecular weight excluding hydrogens is 898 g/mol. The fourth-order valence-electron chi connectivity index (χ4n) is 15.2. The number of carbonyl (C=O) groups excluding carboxylic acids is 3. The number of hydrogen-bond acceptors (Lipinski definition) is 6. The number of ether oxygens (including phenoxy) is 1. The predicted molar refractivity (Wildman–Crippen MR) is 293 cm³/mol. The van der Waals surface area contributed by atoms with Crippen LogP contribution in [0.4, 0.5) is 15.8 Å². The van der Waals surface area contributed by atoms with E-state index < -0.39 is 61.1 Å². The summed E-state index contributed by atoms with van der Waals surface area (Å²) in [5, 5.41) is 0. The molecule has 1 atom stereocenters. The molecule has 3 aromatic carbocycles. The van der Waals surface area contributed by atoms with E-state index in [1.54, 1.807) is 11.8 Å². The number of imide groups is 1. The van der Waals surface area contributed by atoms with Gasteiger partial charge >= 0.3 is 0 Å². The molecule has 3 amide bonds. The summed E-state index contributed by atoms with van der Waals surface area (Å²) in [5.74, 6) is -0.604. The highest BCUT2D eigenvalue weighted by Gasteiger charge is 2.71. The molecule has 3 aromatic rings. The van der Waals surface area contributed by atoms with Crippen LogP contribution in [0.25, 0.3) is 4.85 Å². The van der Waals surface area contributed by atoms with Crippen molar-refractivity contribution >= 4 is 29.1 Å². The Kier molecular flexibility index (Phi) is 12.7. The van der Waals surface area contributed by atoms with Gasteiger partial charge in [-0.2, -0.15) is 0 Å². The highest BCUT2D eigenvalue weighted by atomic mass is 19.1. The number of nitrogens with zero attached hydrogens (tertiary/aromatic N) is 5. The number of amides is 3. The first-order valence-corrected chi connectivity index (χ1v) is 26.1. The van der Waals surface area contributed by atoms with Crippen LogP contribution in [-0.4, -0.2) is 67.2 Å². The Hall–Kier alpha value is -4.75. The minimum atomic E-state index is -1.40. The van der Waals surface area contributed by atoms with Crippen molar-refractivity contribution in [1.82, 2.24) is 14.7 Å². The second-order valence-electron chi connectivity index (χ2n) is 27.0. The van der Waals surface area contributed by atoms with E-state index in [1.165, 1.54) is 28.6 Å². The molecule has 0 radical (unpaired) electrons. The molecule has 0 N–H and O–H groups in total. The zero-order valence-electron chi connectivity index (χ0n) is 50.2. The molecule has 3 heterocycles. The van der Waals surface area contributed by atoms with Gasteiger partial charge in [0.25, 0.3) is 11.8 Å². The highest BCUT2D eigenvalue weighted by molar-refractivity contribution is 6.11. The molecule has 394 valence electrons. The van der Waals surface area contributed by atoms with Gasteiger partial charge in [0.05, 0.1) is 39.9 Å². The van der Waals surface area contributed by atoms with E-state index in [-0.39, 0.29) is 17.6 Å². The summed E-state index contributed by atoms with van der Waals surface area (Å²) in [7, 11) is 1.53. The Morgan fingerprint density at radius 3 is 1.43 bits per heavy atom. The fourth-order valence-corrected chi connectivity index (χ4v) is 15.2. The molecule has 0 aliphatic carbocycles. The molecule has 10 heteroatoms. The van der Waals surface area contributed by atoms with E-state index in [2.05, 4.69) is 132 Å². The number of piperazine rings is 1. The molecule has 0 spiro atoms. The van der Waals surface area contributed by atoms with Gasteiger partial charge in [-0.25, -0.2) is 9.24 Å². The van der Waals surface area contributed by atoms with Crippen molar-refractivity contribution in [3.05, 3.63) is 95.1 Å². The van der Waals surface area contributed by atoms with E-state index in [9.17, 15) is 9.59 Å². The number of fused-ring (bicyclic) bond motifs is 1. The minimum Gasteiger partial charge on any atom is -0.482 e. The number of anilines is 1. The van der Waals surface area contributed by atoms with Gasteiger partial charge in [-0.3, -0.25) is 24.2 Å². The molecule has 3 aliphatic rings. The summed E-state index contributed by atoms with van der Waals surface area (Å²) in [6, 6.07) is 0. The van der Waals surface area contributed by atoms with E-state index in [4.69, 9.17) is 11.3 Å². The molecule has 0 saturated carbocycles. The average Bonchev–Trinajstić information content (AvgIpc) is 3.45. The number of carbonyl (C=O) groups is 3. The number of piperidine rings is 1. The number of benzene rings is 3. The number of likely N-dealkylation sites (N-methyl/N-ethyl adjacent to an activating group) is 1. The van der Waals surface area contributed by atoms with Gasteiger partial charge in [0, 0.05) is 40.2 Å². The van der Waals surface area contributed by atoms with Crippen LogP contribution in [0.5, 0.6) is 5.75 Å². The van der Waals surface area contributed by atoms with Crippen LogP contribution >= 0.6 is 0 Å². The molecule has 1 unspecified atom stereocenters. The number of halogens is 1. The third-order valence-corrected chi connectivity index (χ3v) is 21.2. The van der Waals surface area contributed by atoms with Gasteiger partial charge in [-0.1, -0.05) is 27.7 Å². The van der Waals surface area contributed by atoms with Crippen molar-refractivity contribution in [1.29, 1.82) is 0 Å². The van der Waals surface area contributed by atoms with Crippen LogP contribution in [0.3, 0.4) is 0 Å². The van der Waals surface area contributed by atoms with Crippen molar-refractivity contribution in [2.75, 3.05) is 11.9 Å². The fraction of sp³-hybridized carbons (Fsp3) is 0.645. The van der Waals surface area contributed by atoms with Crippen LogP contribution in [0.15, 0.2) is 0 Å². The Bertz CT molecular complexity index is 2870. The minimum absolute atomic E-state index is 0.243. The van der Waals surface area contributed by atoms with Crippen molar-refractivity contribution in [2.45, 2.75) is 245 Å². The molecule has 2 saturated heterocycles. The largest absolute Gasteiger partial charge is 0.482 e. The molecule has 0 bridgehead atoms. The summed E-state index contributed by atoms with van der Waals surface area (Å²) >= 11 is 0. The van der Waals surface area contributed by atoms with E-state index in [0.29, 0.717) is 28.3 Å². The van der Waals surface area contributed by atoms with Crippen molar-refractivity contribution in [3.63, 3.8) is 0 Å². The SMILES string of the molecule is [C-]#[N+]c1c(C)c(C)c(N2C(C)(C)C(C)(C)N(C(C)(C)c3c(C)c(C)c(C(C)(C)Oc4c(C)c(C)c(C)c5c4C(C)(C)N(C4(C)C(=O)N(C)C(=O)C(C)(C)C4(C)C)C5=O)c(C)c3C)C(C)(C)C2(C)C)c(F)c1C. The first-order valence-electron chi connectivity index (χ1n) is 26.1. The lowest BCUT2D eigenvalue weighted by atomic mass is 9.53. The monoisotopic (exact) mass is 988 g/mol. The van der Waals surface area contributed by atoms with Crippen LogP contribution < -0.4 is 9.64 Å². The summed E-state index contributed by atoms with van der Waals surface area (Å²) in [6.45, 7) is 69.2. The smallest absolute Gasteiger partial charge is 0.256 e. The lowest BCUT2D eigenvalue weighted by Crippen LogP contribution is -2.86. The number of hydrogen-bond donors (Lipinski definition) is 0. The Labute approximate surface area is 434 Å². The normalized spacial score (nSPS) is 23.1. The van der Waals surface area contributed by atoms with Gasteiger partial charge < -0.3 is 14.5 Å². The molecular formula is C62H90FN5O4. The van der Waals surface area contributed by atoms with Crippen molar-refractivity contribution in [3.8, 4) is 5.75 Å². The second-order valence-corrected chi connectivity index (χ2v) is 27.0. The zero-order valence-corrected chi connectivity index (χ0v) is 50.2. The van der Waals surface area contributed by atoms with Gasteiger partial charge in [0.2, 0.25) is 5.91 Å². The van der Waals surface area contributed by atoms with Gasteiger partial charge in [0.1, 0.15) is 22.7 Å². The van der Waals surface area contributed by atoms with Crippen LogP contribution in [0, 0.1) is 92.5 Å².